The molecule has 13 heteroatoms. The number of aryl methyl sites for hydroxylation is 1. The first kappa shape index (κ1) is 21.7. The maximum atomic E-state index is 13.2. The molecule has 0 N–H and O–H groups in total. The lowest BCUT2D eigenvalue weighted by atomic mass is 9.86. The van der Waals surface area contributed by atoms with Crippen LogP contribution in [0.1, 0.15) is 24.4 Å². The molecule has 0 bridgehead atoms. The molecule has 2 aliphatic heterocycles. The number of aromatic nitrogens is 6. The van der Waals surface area contributed by atoms with E-state index in [0.29, 0.717) is 43.2 Å². The summed E-state index contributed by atoms with van der Waals surface area (Å²) < 4.78 is 66.3. The van der Waals surface area contributed by atoms with Crippen molar-refractivity contribution in [3.63, 3.8) is 0 Å². The summed E-state index contributed by atoms with van der Waals surface area (Å²) in [7, 11) is 0. The van der Waals surface area contributed by atoms with Crippen LogP contribution in [0.4, 0.5) is 33.6 Å². The standard InChI is InChI=1S/C20H21F5N8/c1-12-28-14(20(23,24)25)6-16(29-12)31-4-2-19(10-31)3-5-32(11-19)17-8-26-13-7-27-33(9-15(21)22)18(13)30-17/h6-8,15H,2-5,9-11H2,1H3. The second kappa shape index (κ2) is 7.73. The summed E-state index contributed by atoms with van der Waals surface area (Å²) in [5.41, 5.74) is -0.322. The smallest absolute Gasteiger partial charge is 0.356 e. The quantitative estimate of drug-likeness (QED) is 0.544. The number of halogens is 5. The summed E-state index contributed by atoms with van der Waals surface area (Å²) in [6, 6.07) is 1.00. The molecular formula is C20H21F5N8. The Morgan fingerprint density at radius 3 is 2.36 bits per heavy atom. The van der Waals surface area contributed by atoms with Crippen LogP contribution in [0.15, 0.2) is 18.5 Å². The van der Waals surface area contributed by atoms with Gasteiger partial charge in [0.1, 0.15) is 35.2 Å². The van der Waals surface area contributed by atoms with E-state index in [1.54, 1.807) is 6.20 Å². The van der Waals surface area contributed by atoms with E-state index >= 15 is 0 Å². The zero-order chi connectivity index (χ0) is 23.4. The van der Waals surface area contributed by atoms with Crippen molar-refractivity contribution in [1.29, 1.82) is 0 Å². The van der Waals surface area contributed by atoms with Crippen molar-refractivity contribution in [3.05, 3.63) is 30.0 Å². The first-order chi connectivity index (χ1) is 15.6. The number of hydrogen-bond acceptors (Lipinski definition) is 7. The molecule has 0 aromatic carbocycles. The summed E-state index contributed by atoms with van der Waals surface area (Å²) in [6.45, 7) is 3.38. The van der Waals surface area contributed by atoms with Crippen molar-refractivity contribution >= 4 is 22.8 Å². The van der Waals surface area contributed by atoms with Crippen LogP contribution in [0.25, 0.3) is 11.2 Å². The van der Waals surface area contributed by atoms with E-state index in [1.807, 2.05) is 9.80 Å². The molecule has 176 valence electrons. The van der Waals surface area contributed by atoms with Gasteiger partial charge in [-0.1, -0.05) is 0 Å². The van der Waals surface area contributed by atoms with Gasteiger partial charge in [-0.05, 0) is 19.8 Å². The Balaban J connectivity index is 1.34. The highest BCUT2D eigenvalue weighted by Crippen LogP contribution is 2.42. The minimum absolute atomic E-state index is 0.0813. The summed E-state index contributed by atoms with van der Waals surface area (Å²) in [4.78, 5) is 20.5. The van der Waals surface area contributed by atoms with Gasteiger partial charge in [0, 0.05) is 37.7 Å². The predicted molar refractivity (Wildman–Crippen MR) is 109 cm³/mol. The van der Waals surface area contributed by atoms with Crippen LogP contribution in [-0.2, 0) is 12.7 Å². The lowest BCUT2D eigenvalue weighted by Gasteiger charge is -2.25. The Morgan fingerprint density at radius 2 is 1.70 bits per heavy atom. The van der Waals surface area contributed by atoms with Gasteiger partial charge >= 0.3 is 6.18 Å². The minimum Gasteiger partial charge on any atom is -0.356 e. The lowest BCUT2D eigenvalue weighted by Crippen LogP contribution is -2.31. The fraction of sp³-hybridized carbons (Fsp3) is 0.550. The van der Waals surface area contributed by atoms with Gasteiger partial charge in [0.15, 0.2) is 5.65 Å². The van der Waals surface area contributed by atoms with Gasteiger partial charge < -0.3 is 9.80 Å². The van der Waals surface area contributed by atoms with Gasteiger partial charge in [-0.15, -0.1) is 0 Å². The molecule has 1 spiro atoms. The van der Waals surface area contributed by atoms with Gasteiger partial charge in [-0.25, -0.2) is 33.4 Å². The SMILES string of the molecule is Cc1nc(N2CCC3(CCN(c4cnc5cnn(CC(F)F)c5n4)C3)C2)cc(C(F)(F)F)n1. The average molecular weight is 468 g/mol. The van der Waals surface area contributed by atoms with Crippen LogP contribution in [0.2, 0.25) is 0 Å². The number of hydrogen-bond donors (Lipinski definition) is 0. The first-order valence-electron chi connectivity index (χ1n) is 10.5. The van der Waals surface area contributed by atoms with E-state index in [9.17, 15) is 22.0 Å². The molecule has 5 heterocycles. The molecule has 1 atom stereocenters. The molecule has 0 radical (unpaired) electrons. The van der Waals surface area contributed by atoms with Crippen LogP contribution < -0.4 is 9.80 Å². The van der Waals surface area contributed by atoms with Gasteiger partial charge in [0.2, 0.25) is 0 Å². The van der Waals surface area contributed by atoms with E-state index in [-0.39, 0.29) is 17.1 Å². The molecule has 2 fully saturated rings. The third-order valence-electron chi connectivity index (χ3n) is 6.28. The Hall–Kier alpha value is -3.12. The molecule has 0 saturated carbocycles. The molecule has 3 aromatic heterocycles. The van der Waals surface area contributed by atoms with Crippen LogP contribution >= 0.6 is 0 Å². The predicted octanol–water partition coefficient (Wildman–Crippen LogP) is 3.32. The molecular weight excluding hydrogens is 447 g/mol. The van der Waals surface area contributed by atoms with Crippen LogP contribution in [0.3, 0.4) is 0 Å². The van der Waals surface area contributed by atoms with Gasteiger partial charge in [0.05, 0.1) is 12.4 Å². The first-order valence-corrected chi connectivity index (χ1v) is 10.5. The molecule has 33 heavy (non-hydrogen) atoms. The van der Waals surface area contributed by atoms with Crippen molar-refractivity contribution in [3.8, 4) is 0 Å². The summed E-state index contributed by atoms with van der Waals surface area (Å²) in [5.74, 6) is 0.936. The van der Waals surface area contributed by atoms with Crippen molar-refractivity contribution in [2.24, 2.45) is 5.41 Å². The fourth-order valence-corrected chi connectivity index (χ4v) is 4.71. The van der Waals surface area contributed by atoms with Crippen molar-refractivity contribution in [1.82, 2.24) is 29.7 Å². The summed E-state index contributed by atoms with van der Waals surface area (Å²) in [5, 5.41) is 3.94. The molecule has 0 amide bonds. The van der Waals surface area contributed by atoms with Crippen molar-refractivity contribution in [2.75, 3.05) is 36.0 Å². The Morgan fingerprint density at radius 1 is 1.00 bits per heavy atom. The van der Waals surface area contributed by atoms with Gasteiger partial charge in [-0.3, -0.25) is 0 Å². The molecule has 1 unspecified atom stereocenters. The maximum absolute atomic E-state index is 13.2. The minimum atomic E-state index is -4.53. The lowest BCUT2D eigenvalue weighted by molar-refractivity contribution is -0.141. The van der Waals surface area contributed by atoms with Crippen molar-refractivity contribution < 1.29 is 22.0 Å². The molecule has 3 aromatic rings. The largest absolute Gasteiger partial charge is 0.433 e. The summed E-state index contributed by atoms with van der Waals surface area (Å²) in [6.07, 6.45) is -2.44. The molecule has 0 aliphatic carbocycles. The van der Waals surface area contributed by atoms with E-state index in [2.05, 4.69) is 25.0 Å². The number of nitrogens with zero attached hydrogens (tertiary/aromatic N) is 8. The summed E-state index contributed by atoms with van der Waals surface area (Å²) >= 11 is 0. The average Bonchev–Trinajstić information content (AvgIpc) is 3.46. The normalized spacial score (nSPS) is 21.3. The highest BCUT2D eigenvalue weighted by molar-refractivity contribution is 5.71. The van der Waals surface area contributed by atoms with E-state index in [0.717, 1.165) is 23.6 Å². The van der Waals surface area contributed by atoms with E-state index in [4.69, 9.17) is 0 Å². The number of anilines is 2. The van der Waals surface area contributed by atoms with Gasteiger partial charge in [0.25, 0.3) is 6.43 Å². The third-order valence-corrected chi connectivity index (χ3v) is 6.28. The monoisotopic (exact) mass is 468 g/mol. The fourth-order valence-electron chi connectivity index (χ4n) is 4.71. The van der Waals surface area contributed by atoms with Crippen molar-refractivity contribution in [2.45, 2.75) is 38.9 Å². The van der Waals surface area contributed by atoms with Crippen LogP contribution in [0, 0.1) is 12.3 Å². The molecule has 5 rings (SSSR count). The zero-order valence-electron chi connectivity index (χ0n) is 17.7. The second-order valence-electron chi connectivity index (χ2n) is 8.65. The Kier molecular flexibility index (Phi) is 5.09. The highest BCUT2D eigenvalue weighted by Gasteiger charge is 2.45. The van der Waals surface area contributed by atoms with Crippen LogP contribution in [0.5, 0.6) is 0 Å². The van der Waals surface area contributed by atoms with E-state index in [1.165, 1.54) is 13.1 Å². The molecule has 2 saturated heterocycles. The van der Waals surface area contributed by atoms with E-state index < -0.39 is 24.8 Å². The van der Waals surface area contributed by atoms with Crippen LogP contribution in [-0.4, -0.2) is 62.3 Å². The molecule has 2 aliphatic rings. The van der Waals surface area contributed by atoms with Gasteiger partial charge in [-0.2, -0.15) is 18.3 Å². The number of alkyl halides is 5. The third kappa shape index (κ3) is 4.15. The maximum Gasteiger partial charge on any atom is 0.433 e. The molecule has 8 nitrogen and oxygen atoms in total. The Bertz CT molecular complexity index is 1180. The number of rotatable bonds is 4. The topological polar surface area (TPSA) is 75.9 Å². The Labute approximate surface area is 185 Å². The number of fused-ring (bicyclic) bond motifs is 1. The highest BCUT2D eigenvalue weighted by atomic mass is 19.4. The zero-order valence-corrected chi connectivity index (χ0v) is 17.7. The second-order valence-corrected chi connectivity index (χ2v) is 8.65.